The van der Waals surface area contributed by atoms with Crippen molar-refractivity contribution in [2.45, 2.75) is 62.7 Å². The van der Waals surface area contributed by atoms with Gasteiger partial charge in [0.1, 0.15) is 18.1 Å². The van der Waals surface area contributed by atoms with E-state index < -0.39 is 54.3 Å². The van der Waals surface area contributed by atoms with Crippen LogP contribution in [-0.4, -0.2) is 82.6 Å². The first-order valence-electron chi connectivity index (χ1n) is 10.1. The number of aliphatic carboxylic acids is 1. The monoisotopic (exact) mass is 460 g/mol. The standard InChI is InChI=1S/C18H32N6O6S/c19-6-2-1-4-10(20)17(28)24-7-3-5-13(24)16(27)23-12(9-31)15(26)22-11(18(29)30)8-14(21)25/h10-13,31H,1-9,19-20H2,(H2,21,25)(H,22,26)(H,23,27)(H,29,30). The highest BCUT2D eigenvalue weighted by atomic mass is 32.1. The van der Waals surface area contributed by atoms with Crippen LogP contribution in [0.3, 0.4) is 0 Å². The van der Waals surface area contributed by atoms with Crippen LogP contribution in [0.4, 0.5) is 0 Å². The molecule has 0 saturated carbocycles. The van der Waals surface area contributed by atoms with E-state index in [2.05, 4.69) is 23.3 Å². The zero-order valence-electron chi connectivity index (χ0n) is 17.3. The average molecular weight is 461 g/mol. The van der Waals surface area contributed by atoms with Crippen molar-refractivity contribution in [2.24, 2.45) is 17.2 Å². The Balaban J connectivity index is 2.74. The van der Waals surface area contributed by atoms with Crippen LogP contribution in [0, 0.1) is 0 Å². The third kappa shape index (κ3) is 8.34. The molecule has 0 bridgehead atoms. The van der Waals surface area contributed by atoms with Gasteiger partial charge in [-0.05, 0) is 32.2 Å². The molecule has 0 spiro atoms. The number of carboxylic acids is 1. The van der Waals surface area contributed by atoms with Gasteiger partial charge in [-0.25, -0.2) is 4.79 Å². The van der Waals surface area contributed by atoms with Crippen molar-refractivity contribution >= 4 is 42.2 Å². The predicted molar refractivity (Wildman–Crippen MR) is 115 cm³/mol. The molecule has 4 unspecified atom stereocenters. The molecule has 0 aliphatic carbocycles. The Morgan fingerprint density at radius 3 is 2.35 bits per heavy atom. The minimum atomic E-state index is -1.53. The number of amides is 4. The Bertz CT molecular complexity index is 678. The van der Waals surface area contributed by atoms with Crippen molar-refractivity contribution in [3.8, 4) is 0 Å². The van der Waals surface area contributed by atoms with Crippen LogP contribution in [0.15, 0.2) is 0 Å². The Kier molecular flexibility index (Phi) is 11.3. The zero-order chi connectivity index (χ0) is 23.6. The number of nitrogens with one attached hydrogen (secondary N) is 2. The van der Waals surface area contributed by atoms with Crippen molar-refractivity contribution in [2.75, 3.05) is 18.8 Å². The van der Waals surface area contributed by atoms with Gasteiger partial charge in [-0.1, -0.05) is 6.42 Å². The molecule has 4 atom stereocenters. The molecule has 1 saturated heterocycles. The molecule has 176 valence electrons. The Labute approximate surface area is 186 Å². The summed E-state index contributed by atoms with van der Waals surface area (Å²) in [6.45, 7) is 0.879. The van der Waals surface area contributed by atoms with E-state index in [9.17, 15) is 24.0 Å². The van der Waals surface area contributed by atoms with Crippen molar-refractivity contribution in [1.82, 2.24) is 15.5 Å². The Morgan fingerprint density at radius 1 is 1.13 bits per heavy atom. The van der Waals surface area contributed by atoms with Crippen LogP contribution in [0.2, 0.25) is 0 Å². The molecule has 9 N–H and O–H groups in total. The van der Waals surface area contributed by atoms with Gasteiger partial charge in [-0.3, -0.25) is 19.2 Å². The van der Waals surface area contributed by atoms with Gasteiger partial charge in [0, 0.05) is 12.3 Å². The van der Waals surface area contributed by atoms with Crippen molar-refractivity contribution in [3.63, 3.8) is 0 Å². The zero-order valence-corrected chi connectivity index (χ0v) is 18.2. The number of hydrogen-bond acceptors (Lipinski definition) is 8. The molecule has 31 heavy (non-hydrogen) atoms. The molecule has 13 heteroatoms. The van der Waals surface area contributed by atoms with Crippen LogP contribution in [0.1, 0.15) is 38.5 Å². The molecule has 0 aromatic heterocycles. The molecule has 4 amide bonds. The van der Waals surface area contributed by atoms with Gasteiger partial charge in [-0.15, -0.1) is 0 Å². The number of likely N-dealkylation sites (tertiary alicyclic amines) is 1. The number of nitrogens with zero attached hydrogens (tertiary/aromatic N) is 1. The lowest BCUT2D eigenvalue weighted by atomic mass is 10.1. The first kappa shape index (κ1) is 26.7. The van der Waals surface area contributed by atoms with Crippen molar-refractivity contribution in [3.05, 3.63) is 0 Å². The molecule has 1 heterocycles. The largest absolute Gasteiger partial charge is 0.480 e. The maximum atomic E-state index is 12.7. The Morgan fingerprint density at radius 2 is 1.81 bits per heavy atom. The number of rotatable bonds is 13. The highest BCUT2D eigenvalue weighted by Crippen LogP contribution is 2.19. The number of carboxylic acid groups (broad SMARTS) is 1. The van der Waals surface area contributed by atoms with E-state index in [1.165, 1.54) is 4.90 Å². The average Bonchev–Trinajstić information content (AvgIpc) is 3.20. The molecule has 1 fully saturated rings. The molecule has 0 radical (unpaired) electrons. The van der Waals surface area contributed by atoms with E-state index >= 15 is 0 Å². The second kappa shape index (κ2) is 13.1. The summed E-state index contributed by atoms with van der Waals surface area (Å²) in [4.78, 5) is 61.4. The third-order valence-electron chi connectivity index (χ3n) is 4.96. The lowest BCUT2D eigenvalue weighted by molar-refractivity contribution is -0.144. The van der Waals surface area contributed by atoms with E-state index in [1.807, 2.05) is 0 Å². The molecule has 1 aliphatic heterocycles. The quantitative estimate of drug-likeness (QED) is 0.113. The fraction of sp³-hybridized carbons (Fsp3) is 0.722. The summed E-state index contributed by atoms with van der Waals surface area (Å²) in [5.74, 6) is -4.19. The topological polar surface area (TPSA) is 211 Å². The second-order valence-corrected chi connectivity index (χ2v) is 7.76. The normalized spacial score (nSPS) is 18.7. The van der Waals surface area contributed by atoms with E-state index in [0.29, 0.717) is 38.8 Å². The van der Waals surface area contributed by atoms with Crippen molar-refractivity contribution < 1.29 is 29.1 Å². The van der Waals surface area contributed by atoms with E-state index in [1.54, 1.807) is 0 Å². The van der Waals surface area contributed by atoms with Gasteiger partial charge in [0.15, 0.2) is 0 Å². The summed E-state index contributed by atoms with van der Waals surface area (Å²) in [5.41, 5.74) is 16.4. The number of unbranched alkanes of at least 4 members (excludes halogenated alkanes) is 1. The minimum Gasteiger partial charge on any atom is -0.480 e. The summed E-state index contributed by atoms with van der Waals surface area (Å²) in [7, 11) is 0. The number of hydrogen-bond donors (Lipinski definition) is 7. The van der Waals surface area contributed by atoms with Crippen molar-refractivity contribution in [1.29, 1.82) is 0 Å². The van der Waals surface area contributed by atoms with Crippen LogP contribution < -0.4 is 27.8 Å². The number of primary amides is 1. The van der Waals surface area contributed by atoms with E-state index in [4.69, 9.17) is 22.3 Å². The van der Waals surface area contributed by atoms with Crippen LogP contribution in [0.5, 0.6) is 0 Å². The summed E-state index contributed by atoms with van der Waals surface area (Å²) in [5, 5.41) is 13.8. The molecule has 1 rings (SSSR count). The molecule has 0 aromatic rings. The molecular weight excluding hydrogens is 428 g/mol. The second-order valence-electron chi connectivity index (χ2n) is 7.39. The van der Waals surface area contributed by atoms with Gasteiger partial charge < -0.3 is 37.8 Å². The van der Waals surface area contributed by atoms with Crippen LogP contribution in [0.25, 0.3) is 0 Å². The van der Waals surface area contributed by atoms with Crippen LogP contribution >= 0.6 is 12.6 Å². The molecular formula is C18H32N6O6S. The maximum absolute atomic E-state index is 12.7. The summed E-state index contributed by atoms with van der Waals surface area (Å²) < 4.78 is 0. The Hall–Kier alpha value is -2.38. The predicted octanol–water partition coefficient (Wildman–Crippen LogP) is -2.71. The summed E-state index contributed by atoms with van der Waals surface area (Å²) in [6.07, 6.45) is 2.33. The fourth-order valence-electron chi connectivity index (χ4n) is 3.28. The van der Waals surface area contributed by atoms with Gasteiger partial charge in [0.2, 0.25) is 23.6 Å². The maximum Gasteiger partial charge on any atom is 0.326 e. The summed E-state index contributed by atoms with van der Waals surface area (Å²) in [6, 6.07) is -4.22. The lowest BCUT2D eigenvalue weighted by Crippen LogP contribution is -2.57. The first-order chi connectivity index (χ1) is 14.6. The van der Waals surface area contributed by atoms with Gasteiger partial charge in [-0.2, -0.15) is 12.6 Å². The van der Waals surface area contributed by atoms with Gasteiger partial charge in [0.25, 0.3) is 0 Å². The minimum absolute atomic E-state index is 0.125. The highest BCUT2D eigenvalue weighted by Gasteiger charge is 2.37. The first-order valence-corrected chi connectivity index (χ1v) is 10.7. The summed E-state index contributed by atoms with van der Waals surface area (Å²) >= 11 is 4.03. The van der Waals surface area contributed by atoms with Crippen LogP contribution in [-0.2, 0) is 24.0 Å². The number of thiol groups is 1. The van der Waals surface area contributed by atoms with Gasteiger partial charge >= 0.3 is 5.97 Å². The molecule has 0 aromatic carbocycles. The van der Waals surface area contributed by atoms with Gasteiger partial charge in [0.05, 0.1) is 12.5 Å². The fourth-order valence-corrected chi connectivity index (χ4v) is 3.54. The third-order valence-corrected chi connectivity index (χ3v) is 5.33. The number of carbonyl (C=O) groups is 5. The number of nitrogens with two attached hydrogens (primary N) is 3. The molecule has 1 aliphatic rings. The highest BCUT2D eigenvalue weighted by molar-refractivity contribution is 7.80. The SMILES string of the molecule is NCCCCC(N)C(=O)N1CCCC1C(=O)NC(CS)C(=O)NC(CC(N)=O)C(=O)O. The lowest BCUT2D eigenvalue weighted by Gasteiger charge is -2.28. The van der Waals surface area contributed by atoms with E-state index in [0.717, 1.165) is 6.42 Å². The van der Waals surface area contributed by atoms with E-state index in [-0.39, 0.29) is 11.7 Å². The smallest absolute Gasteiger partial charge is 0.326 e. The molecule has 12 nitrogen and oxygen atoms in total. The number of carbonyl (C=O) groups excluding carboxylic acids is 4.